The molecule has 1 amide bonds. The number of hydrogen-bond acceptors (Lipinski definition) is 2. The fourth-order valence-corrected chi connectivity index (χ4v) is 3.66. The Morgan fingerprint density at radius 2 is 1.41 bits per heavy atom. The van der Waals surface area contributed by atoms with Crippen molar-refractivity contribution in [2.45, 2.75) is 13.0 Å². The number of para-hydroxylation sites is 1. The minimum absolute atomic E-state index is 0.0329. The Balaban J connectivity index is 1.45. The highest BCUT2D eigenvalue weighted by Crippen LogP contribution is 2.20. The van der Waals surface area contributed by atoms with Crippen LogP contribution in [0, 0.1) is 11.6 Å². The van der Waals surface area contributed by atoms with Crippen molar-refractivity contribution in [1.82, 2.24) is 4.90 Å². The van der Waals surface area contributed by atoms with Gasteiger partial charge in [-0.25, -0.2) is 8.78 Å². The Morgan fingerprint density at radius 3 is 2.09 bits per heavy atom. The van der Waals surface area contributed by atoms with Crippen LogP contribution in [0.5, 0.6) is 5.75 Å². The lowest BCUT2D eigenvalue weighted by molar-refractivity contribution is -0.134. The summed E-state index contributed by atoms with van der Waals surface area (Å²) in [6.07, 6.45) is 0.592. The molecule has 0 heterocycles. The molecule has 0 aliphatic heterocycles. The van der Waals surface area contributed by atoms with Crippen molar-refractivity contribution in [3.8, 4) is 16.9 Å². The Hall–Kier alpha value is -3.99. The average molecular weight is 458 g/mol. The van der Waals surface area contributed by atoms with E-state index in [4.69, 9.17) is 4.74 Å². The summed E-state index contributed by atoms with van der Waals surface area (Å²) < 4.78 is 33.2. The largest absolute Gasteiger partial charge is 0.484 e. The molecule has 4 rings (SSSR count). The normalized spacial score (nSPS) is 10.6. The lowest BCUT2D eigenvalue weighted by atomic mass is 10.0. The Bertz CT molecular complexity index is 1210. The zero-order valence-corrected chi connectivity index (χ0v) is 18.7. The van der Waals surface area contributed by atoms with E-state index in [0.717, 1.165) is 22.8 Å². The van der Waals surface area contributed by atoms with Gasteiger partial charge in [0, 0.05) is 24.7 Å². The van der Waals surface area contributed by atoms with Crippen LogP contribution in [-0.2, 0) is 17.8 Å². The molecule has 0 aromatic heterocycles. The Labute approximate surface area is 198 Å². The van der Waals surface area contributed by atoms with Gasteiger partial charge in [-0.15, -0.1) is 0 Å². The first-order valence-electron chi connectivity index (χ1n) is 11.1. The second-order valence-electron chi connectivity index (χ2n) is 7.97. The molecule has 3 nitrogen and oxygen atoms in total. The van der Waals surface area contributed by atoms with E-state index in [-0.39, 0.29) is 24.6 Å². The third-order valence-corrected chi connectivity index (χ3v) is 5.57. The van der Waals surface area contributed by atoms with Crippen LogP contribution in [0.25, 0.3) is 11.1 Å². The third kappa shape index (κ3) is 6.29. The highest BCUT2D eigenvalue weighted by atomic mass is 19.1. The average Bonchev–Trinajstić information content (AvgIpc) is 2.88. The molecule has 4 aromatic rings. The smallest absolute Gasteiger partial charge is 0.260 e. The van der Waals surface area contributed by atoms with E-state index < -0.39 is 11.6 Å². The number of halogens is 2. The number of carbonyl (C=O) groups excluding carboxylic acids is 1. The van der Waals surface area contributed by atoms with E-state index in [9.17, 15) is 13.6 Å². The lowest BCUT2D eigenvalue weighted by Gasteiger charge is -2.23. The van der Waals surface area contributed by atoms with Crippen molar-refractivity contribution in [2.24, 2.45) is 0 Å². The van der Waals surface area contributed by atoms with Gasteiger partial charge in [0.25, 0.3) is 5.91 Å². The molecule has 0 fully saturated rings. The first kappa shape index (κ1) is 23.2. The molecule has 5 heteroatoms. The fraction of sp³-hybridized carbons (Fsp3) is 0.138. The molecule has 0 aliphatic carbocycles. The van der Waals surface area contributed by atoms with Gasteiger partial charge in [0.05, 0.1) is 0 Å². The second kappa shape index (κ2) is 11.2. The van der Waals surface area contributed by atoms with E-state index in [2.05, 4.69) is 24.3 Å². The van der Waals surface area contributed by atoms with Crippen molar-refractivity contribution in [2.75, 3.05) is 13.2 Å². The molecule has 0 bridgehead atoms. The molecule has 0 radical (unpaired) electrons. The van der Waals surface area contributed by atoms with Crippen LogP contribution in [0.4, 0.5) is 8.78 Å². The summed E-state index contributed by atoms with van der Waals surface area (Å²) >= 11 is 0. The van der Waals surface area contributed by atoms with Gasteiger partial charge in [0.1, 0.15) is 17.4 Å². The molecular formula is C29H25F2NO2. The Kier molecular flexibility index (Phi) is 7.66. The van der Waals surface area contributed by atoms with Crippen molar-refractivity contribution in [1.29, 1.82) is 0 Å². The van der Waals surface area contributed by atoms with Gasteiger partial charge in [-0.2, -0.15) is 0 Å². The van der Waals surface area contributed by atoms with Crippen molar-refractivity contribution >= 4 is 5.91 Å². The van der Waals surface area contributed by atoms with Crippen LogP contribution < -0.4 is 4.74 Å². The molecule has 0 saturated carbocycles. The maximum absolute atomic E-state index is 14.3. The number of amides is 1. The molecule has 4 aromatic carbocycles. The molecule has 0 spiro atoms. The van der Waals surface area contributed by atoms with Gasteiger partial charge in [-0.1, -0.05) is 78.9 Å². The number of benzene rings is 4. The molecule has 0 unspecified atom stereocenters. The van der Waals surface area contributed by atoms with E-state index in [1.54, 1.807) is 17.0 Å². The topological polar surface area (TPSA) is 29.5 Å². The predicted molar refractivity (Wildman–Crippen MR) is 129 cm³/mol. The first-order valence-corrected chi connectivity index (χ1v) is 11.1. The van der Waals surface area contributed by atoms with Crippen molar-refractivity contribution in [3.63, 3.8) is 0 Å². The van der Waals surface area contributed by atoms with Gasteiger partial charge in [0.2, 0.25) is 0 Å². The van der Waals surface area contributed by atoms with Gasteiger partial charge in [0.15, 0.2) is 6.61 Å². The van der Waals surface area contributed by atoms with Crippen LogP contribution in [0.3, 0.4) is 0 Å². The van der Waals surface area contributed by atoms with Gasteiger partial charge < -0.3 is 9.64 Å². The molecular weight excluding hydrogens is 432 g/mol. The summed E-state index contributed by atoms with van der Waals surface area (Å²) in [7, 11) is 0. The van der Waals surface area contributed by atoms with Gasteiger partial charge in [-0.05, 0) is 41.3 Å². The van der Waals surface area contributed by atoms with E-state index in [0.29, 0.717) is 18.7 Å². The zero-order chi connectivity index (χ0) is 23.8. The molecule has 0 N–H and O–H groups in total. The third-order valence-electron chi connectivity index (χ3n) is 5.57. The highest BCUT2D eigenvalue weighted by Gasteiger charge is 2.17. The maximum Gasteiger partial charge on any atom is 0.260 e. The molecule has 0 aliphatic rings. The summed E-state index contributed by atoms with van der Waals surface area (Å²) in [4.78, 5) is 14.5. The summed E-state index contributed by atoms with van der Waals surface area (Å²) in [6.45, 7) is 0.240. The van der Waals surface area contributed by atoms with Gasteiger partial charge in [-0.3, -0.25) is 4.79 Å². The van der Waals surface area contributed by atoms with Crippen LogP contribution in [0.15, 0.2) is 103 Å². The maximum atomic E-state index is 14.3. The Morgan fingerprint density at radius 1 is 0.765 bits per heavy atom. The van der Waals surface area contributed by atoms with E-state index in [1.165, 1.54) is 12.1 Å². The minimum Gasteiger partial charge on any atom is -0.484 e. The SMILES string of the molecule is O=C(COc1ccccc1)N(CCc1ccc(-c2ccccc2)cc1)Cc1ccc(F)cc1F. The van der Waals surface area contributed by atoms with E-state index >= 15 is 0 Å². The van der Waals surface area contributed by atoms with Crippen molar-refractivity contribution in [3.05, 3.63) is 126 Å². The fourth-order valence-electron chi connectivity index (χ4n) is 3.66. The number of rotatable bonds is 9. The lowest BCUT2D eigenvalue weighted by Crippen LogP contribution is -2.36. The van der Waals surface area contributed by atoms with Gasteiger partial charge >= 0.3 is 0 Å². The van der Waals surface area contributed by atoms with Crippen LogP contribution in [-0.4, -0.2) is 24.0 Å². The zero-order valence-electron chi connectivity index (χ0n) is 18.7. The quantitative estimate of drug-likeness (QED) is 0.296. The highest BCUT2D eigenvalue weighted by molar-refractivity contribution is 5.77. The first-order chi connectivity index (χ1) is 16.6. The molecule has 172 valence electrons. The van der Waals surface area contributed by atoms with E-state index in [1.807, 2.05) is 48.5 Å². The number of ether oxygens (including phenoxy) is 1. The summed E-state index contributed by atoms with van der Waals surface area (Å²) in [5, 5.41) is 0. The molecule has 0 saturated heterocycles. The minimum atomic E-state index is -0.672. The molecule has 34 heavy (non-hydrogen) atoms. The van der Waals surface area contributed by atoms with Crippen LogP contribution >= 0.6 is 0 Å². The standard InChI is InChI=1S/C29H25F2NO2/c30-26-16-15-25(28(31)19-26)20-32(29(33)21-34-27-9-5-2-6-10-27)18-17-22-11-13-24(14-12-22)23-7-3-1-4-8-23/h1-16,19H,17-18,20-21H2. The van der Waals surface area contributed by atoms with Crippen LogP contribution in [0.1, 0.15) is 11.1 Å². The number of carbonyl (C=O) groups is 1. The summed E-state index contributed by atoms with van der Waals surface area (Å²) in [6, 6.07) is 30.7. The summed E-state index contributed by atoms with van der Waals surface area (Å²) in [5.41, 5.74) is 3.56. The summed E-state index contributed by atoms with van der Waals surface area (Å²) in [5.74, 6) is -1.01. The second-order valence-corrected chi connectivity index (χ2v) is 7.97. The number of hydrogen-bond donors (Lipinski definition) is 0. The monoisotopic (exact) mass is 457 g/mol. The van der Waals surface area contributed by atoms with Crippen molar-refractivity contribution < 1.29 is 18.3 Å². The predicted octanol–water partition coefficient (Wildman–Crippen LogP) is 6.28. The molecule has 0 atom stereocenters. The number of nitrogens with zero attached hydrogens (tertiary/aromatic N) is 1. The van der Waals surface area contributed by atoms with Crippen LogP contribution in [0.2, 0.25) is 0 Å².